The molecule has 2 fully saturated rings. The normalized spacial score (nSPS) is 26.7. The van der Waals surface area contributed by atoms with Gasteiger partial charge in [0.05, 0.1) is 26.4 Å². The fourth-order valence-corrected chi connectivity index (χ4v) is 8.16. The molecule has 2 rings (SSSR count). The van der Waals surface area contributed by atoms with E-state index in [4.69, 9.17) is 28.4 Å². The van der Waals surface area contributed by atoms with Gasteiger partial charge in [0.1, 0.15) is 54.9 Å². The van der Waals surface area contributed by atoms with Gasteiger partial charge in [0, 0.05) is 13.0 Å². The molecule has 14 heteroatoms. The van der Waals surface area contributed by atoms with Gasteiger partial charge in [-0.2, -0.15) is 0 Å². The molecule has 2 heterocycles. The minimum atomic E-state index is -1.71. The van der Waals surface area contributed by atoms with E-state index >= 15 is 0 Å². The molecule has 0 radical (unpaired) electrons. The van der Waals surface area contributed by atoms with Gasteiger partial charge in [-0.15, -0.1) is 0 Å². The largest absolute Gasteiger partial charge is 0.457 e. The zero-order chi connectivity index (χ0) is 47.3. The van der Waals surface area contributed by atoms with Crippen molar-refractivity contribution in [3.63, 3.8) is 0 Å². The van der Waals surface area contributed by atoms with E-state index in [0.29, 0.717) is 13.0 Å². The highest BCUT2D eigenvalue weighted by molar-refractivity contribution is 5.69. The summed E-state index contributed by atoms with van der Waals surface area (Å²) in [6.45, 7) is 3.65. The van der Waals surface area contributed by atoms with E-state index < -0.39 is 80.7 Å². The fraction of sp³-hybridized carbons (Fsp3) is 0.902. The minimum Gasteiger partial charge on any atom is -0.457 e. The lowest BCUT2D eigenvalue weighted by atomic mass is 9.98. The Bertz CT molecular complexity index is 1170. The van der Waals surface area contributed by atoms with Crippen molar-refractivity contribution in [1.29, 1.82) is 0 Å². The predicted octanol–water partition coefficient (Wildman–Crippen LogP) is 7.63. The average molecular weight is 931 g/mol. The molecule has 2 aliphatic rings. The molecule has 2 saturated heterocycles. The number of hydrogen-bond donors (Lipinski definition) is 7. The van der Waals surface area contributed by atoms with Gasteiger partial charge in [-0.05, 0) is 64.2 Å². The summed E-state index contributed by atoms with van der Waals surface area (Å²) in [6, 6.07) is 0. The number of ether oxygens (including phenoxy) is 6. The number of carbonyl (C=O) groups is 1. The molecular weight excluding hydrogens is 837 g/mol. The van der Waals surface area contributed by atoms with Gasteiger partial charge in [0.2, 0.25) is 0 Å². The molecule has 0 amide bonds. The first kappa shape index (κ1) is 59.6. The van der Waals surface area contributed by atoms with Crippen molar-refractivity contribution < 1.29 is 69.0 Å². The van der Waals surface area contributed by atoms with Crippen LogP contribution in [-0.4, -0.2) is 142 Å². The molecule has 7 N–H and O–H groups in total. The Balaban J connectivity index is 1.75. The van der Waals surface area contributed by atoms with E-state index in [-0.39, 0.29) is 25.6 Å². The Labute approximate surface area is 392 Å². The molecule has 0 aromatic heterocycles. The van der Waals surface area contributed by atoms with Crippen LogP contribution in [0, 0.1) is 0 Å². The minimum absolute atomic E-state index is 0.0584. The molecule has 0 aromatic carbocycles. The number of carbonyl (C=O) groups excluding carboxylic acids is 1. The van der Waals surface area contributed by atoms with Gasteiger partial charge in [0.15, 0.2) is 12.6 Å². The van der Waals surface area contributed by atoms with Crippen molar-refractivity contribution in [3.05, 3.63) is 24.3 Å². The molecule has 0 aromatic rings. The first-order valence-electron chi connectivity index (χ1n) is 25.9. The monoisotopic (exact) mass is 931 g/mol. The zero-order valence-corrected chi connectivity index (χ0v) is 40.5. The molecule has 14 nitrogen and oxygen atoms in total. The van der Waals surface area contributed by atoms with Crippen LogP contribution in [0.5, 0.6) is 0 Å². The van der Waals surface area contributed by atoms with Crippen LogP contribution in [0.3, 0.4) is 0 Å². The van der Waals surface area contributed by atoms with E-state index in [0.717, 1.165) is 57.8 Å². The van der Waals surface area contributed by atoms with E-state index in [1.807, 2.05) is 0 Å². The third-order valence-electron chi connectivity index (χ3n) is 12.4. The lowest BCUT2D eigenvalue weighted by Crippen LogP contribution is -2.61. The fourth-order valence-electron chi connectivity index (χ4n) is 8.16. The number of rotatable bonds is 41. The number of unbranched alkanes of at least 4 members (excludes halogenated alkanes) is 23. The van der Waals surface area contributed by atoms with E-state index in [2.05, 4.69) is 38.2 Å². The predicted molar refractivity (Wildman–Crippen MR) is 252 cm³/mol. The van der Waals surface area contributed by atoms with Gasteiger partial charge >= 0.3 is 5.97 Å². The number of hydrogen-bond acceptors (Lipinski definition) is 14. The maximum absolute atomic E-state index is 13.0. The highest BCUT2D eigenvalue weighted by Crippen LogP contribution is 2.26. The van der Waals surface area contributed by atoms with Crippen LogP contribution in [0.25, 0.3) is 0 Å². The summed E-state index contributed by atoms with van der Waals surface area (Å²) in [5.74, 6) is -0.386. The van der Waals surface area contributed by atoms with Gasteiger partial charge in [-0.3, -0.25) is 4.79 Å². The zero-order valence-electron chi connectivity index (χ0n) is 40.5. The lowest BCUT2D eigenvalue weighted by molar-refractivity contribution is -0.332. The van der Waals surface area contributed by atoms with E-state index in [1.165, 1.54) is 109 Å². The second-order valence-electron chi connectivity index (χ2n) is 18.3. The molecule has 0 spiro atoms. The number of aliphatic hydroxyl groups is 7. The molecule has 382 valence electrons. The van der Waals surface area contributed by atoms with Crippen molar-refractivity contribution >= 4 is 5.97 Å². The van der Waals surface area contributed by atoms with E-state index in [9.17, 15) is 40.5 Å². The molecule has 11 atom stereocenters. The summed E-state index contributed by atoms with van der Waals surface area (Å²) in [7, 11) is 0. The number of allylic oxidation sites excluding steroid dienone is 4. The molecular formula is C51H94O14. The molecule has 11 unspecified atom stereocenters. The van der Waals surface area contributed by atoms with Crippen molar-refractivity contribution in [2.45, 2.75) is 261 Å². The van der Waals surface area contributed by atoms with E-state index in [1.54, 1.807) is 0 Å². The Morgan fingerprint density at radius 3 is 1.43 bits per heavy atom. The van der Waals surface area contributed by atoms with Crippen molar-refractivity contribution in [3.8, 4) is 0 Å². The highest BCUT2D eigenvalue weighted by Gasteiger charge is 2.47. The third-order valence-corrected chi connectivity index (χ3v) is 12.4. The number of aliphatic hydroxyl groups excluding tert-OH is 7. The summed E-state index contributed by atoms with van der Waals surface area (Å²) in [5.41, 5.74) is 0. The summed E-state index contributed by atoms with van der Waals surface area (Å²) >= 11 is 0. The maximum atomic E-state index is 13.0. The van der Waals surface area contributed by atoms with Crippen LogP contribution < -0.4 is 0 Å². The van der Waals surface area contributed by atoms with Gasteiger partial charge in [0.25, 0.3) is 0 Å². The molecule has 65 heavy (non-hydrogen) atoms. The lowest BCUT2D eigenvalue weighted by Gasteiger charge is -2.42. The van der Waals surface area contributed by atoms with Gasteiger partial charge in [-0.1, -0.05) is 147 Å². The first-order valence-corrected chi connectivity index (χ1v) is 25.9. The standard InChI is InChI=1S/C51H94O14/c1-3-5-7-9-11-13-15-17-18-19-20-21-22-23-25-27-29-31-33-35-60-37-40(63-43(53)34-32-30-28-26-24-16-14-12-10-8-6-4-2)38-61-50-49(59)47(57)45(55)42(65-50)39-62-51-48(58)46(56)44(54)41(36-52)64-51/h12,14,18-19,40-42,44-52,54-59H,3-11,13,15-17,20-39H2,1-2H3/b14-12-,19-18-. The second kappa shape index (κ2) is 39.3. The van der Waals surface area contributed by atoms with Crippen LogP contribution in [0.2, 0.25) is 0 Å². The SMILES string of the molecule is CCCCC/C=C\CCCCCCCC(=O)OC(COCCCCCCCCCC/C=C\CCCCCCCCC)COC1OC(COC2OC(CO)C(O)C(O)C2O)C(O)C(O)C1O. The average Bonchev–Trinajstić information content (AvgIpc) is 3.30. The molecule has 0 bridgehead atoms. The Morgan fingerprint density at radius 2 is 0.908 bits per heavy atom. The smallest absolute Gasteiger partial charge is 0.306 e. The first-order chi connectivity index (χ1) is 31.6. The Morgan fingerprint density at radius 1 is 0.492 bits per heavy atom. The van der Waals surface area contributed by atoms with Gasteiger partial charge < -0.3 is 64.2 Å². The summed E-state index contributed by atoms with van der Waals surface area (Å²) in [4.78, 5) is 13.0. The topological polar surface area (TPSA) is 214 Å². The van der Waals surface area contributed by atoms with Crippen LogP contribution >= 0.6 is 0 Å². The molecule has 2 aliphatic heterocycles. The third kappa shape index (κ3) is 27.3. The summed E-state index contributed by atoms with van der Waals surface area (Å²) < 4.78 is 34.2. The van der Waals surface area contributed by atoms with Crippen LogP contribution in [-0.2, 0) is 33.2 Å². The van der Waals surface area contributed by atoms with Crippen LogP contribution in [0.15, 0.2) is 24.3 Å². The molecule has 0 aliphatic carbocycles. The van der Waals surface area contributed by atoms with Gasteiger partial charge in [-0.25, -0.2) is 0 Å². The summed E-state index contributed by atoms with van der Waals surface area (Å²) in [6.07, 6.45) is 25.3. The summed E-state index contributed by atoms with van der Waals surface area (Å²) in [5, 5.41) is 72.1. The second-order valence-corrected chi connectivity index (χ2v) is 18.3. The Hall–Kier alpha value is -1.53. The van der Waals surface area contributed by atoms with Crippen molar-refractivity contribution in [2.24, 2.45) is 0 Å². The van der Waals surface area contributed by atoms with Crippen molar-refractivity contribution in [2.75, 3.05) is 33.0 Å². The highest BCUT2D eigenvalue weighted by atomic mass is 16.7. The molecule has 0 saturated carbocycles. The maximum Gasteiger partial charge on any atom is 0.306 e. The van der Waals surface area contributed by atoms with Crippen LogP contribution in [0.4, 0.5) is 0 Å². The quantitative estimate of drug-likeness (QED) is 0.0179. The van der Waals surface area contributed by atoms with Crippen LogP contribution in [0.1, 0.15) is 194 Å². The van der Waals surface area contributed by atoms with Crippen molar-refractivity contribution in [1.82, 2.24) is 0 Å². The Kier molecular flexibility index (Phi) is 36.1. The number of esters is 1.